The summed E-state index contributed by atoms with van der Waals surface area (Å²) in [5.74, 6) is -1.33. The Morgan fingerprint density at radius 2 is 2.11 bits per heavy atom. The summed E-state index contributed by atoms with van der Waals surface area (Å²) in [6, 6.07) is 0. The van der Waals surface area contributed by atoms with Gasteiger partial charge >= 0.3 is 5.97 Å². The molecule has 18 heavy (non-hydrogen) atoms. The van der Waals surface area contributed by atoms with Gasteiger partial charge < -0.3 is 15.2 Å². The van der Waals surface area contributed by atoms with Crippen molar-refractivity contribution < 1.29 is 19.4 Å². The maximum atomic E-state index is 11.8. The molecule has 1 aliphatic carbocycles. The van der Waals surface area contributed by atoms with Crippen LogP contribution in [0.4, 0.5) is 0 Å². The summed E-state index contributed by atoms with van der Waals surface area (Å²) < 4.78 is 5.20. The van der Waals surface area contributed by atoms with Gasteiger partial charge in [-0.1, -0.05) is 19.8 Å². The SMILES string of the molecule is CC(C)OCC(=O)NC1(C(=O)O)CCCCC1C. The minimum Gasteiger partial charge on any atom is -0.479 e. The maximum Gasteiger partial charge on any atom is 0.329 e. The summed E-state index contributed by atoms with van der Waals surface area (Å²) in [7, 11) is 0. The van der Waals surface area contributed by atoms with Crippen LogP contribution >= 0.6 is 0 Å². The lowest BCUT2D eigenvalue weighted by Crippen LogP contribution is -2.60. The number of hydrogen-bond donors (Lipinski definition) is 2. The third-order valence-corrected chi connectivity index (χ3v) is 3.59. The molecule has 5 heteroatoms. The molecule has 1 aliphatic rings. The molecule has 0 saturated heterocycles. The Kier molecular flexibility index (Phi) is 5.14. The second-order valence-corrected chi connectivity index (χ2v) is 5.33. The number of amides is 1. The van der Waals surface area contributed by atoms with Crippen LogP contribution in [0, 0.1) is 5.92 Å². The second kappa shape index (κ2) is 6.18. The van der Waals surface area contributed by atoms with Crippen molar-refractivity contribution >= 4 is 11.9 Å². The first-order valence-electron chi connectivity index (χ1n) is 6.54. The van der Waals surface area contributed by atoms with Crippen LogP contribution in [0.25, 0.3) is 0 Å². The predicted octanol–water partition coefficient (Wildman–Crippen LogP) is 1.56. The average Bonchev–Trinajstić information content (AvgIpc) is 2.29. The number of carbonyl (C=O) groups excluding carboxylic acids is 1. The minimum absolute atomic E-state index is 0.0414. The first-order valence-corrected chi connectivity index (χ1v) is 6.54. The summed E-state index contributed by atoms with van der Waals surface area (Å²) in [5, 5.41) is 12.1. The smallest absolute Gasteiger partial charge is 0.329 e. The van der Waals surface area contributed by atoms with Crippen LogP contribution < -0.4 is 5.32 Å². The molecular formula is C13H23NO4. The third kappa shape index (κ3) is 3.45. The van der Waals surface area contributed by atoms with E-state index in [9.17, 15) is 14.7 Å². The number of hydrogen-bond acceptors (Lipinski definition) is 3. The van der Waals surface area contributed by atoms with Crippen molar-refractivity contribution in [1.29, 1.82) is 0 Å². The third-order valence-electron chi connectivity index (χ3n) is 3.59. The van der Waals surface area contributed by atoms with Gasteiger partial charge in [-0.05, 0) is 32.6 Å². The molecule has 1 saturated carbocycles. The van der Waals surface area contributed by atoms with Crippen LogP contribution in [0.5, 0.6) is 0 Å². The molecule has 0 spiro atoms. The Bertz CT molecular complexity index is 316. The standard InChI is InChI=1S/C13H23NO4/c1-9(2)18-8-11(15)14-13(12(16)17)7-5-4-6-10(13)3/h9-10H,4-8H2,1-3H3,(H,14,15)(H,16,17). The first kappa shape index (κ1) is 15.0. The van der Waals surface area contributed by atoms with E-state index >= 15 is 0 Å². The monoisotopic (exact) mass is 257 g/mol. The molecular weight excluding hydrogens is 234 g/mol. The van der Waals surface area contributed by atoms with Gasteiger partial charge in [0.2, 0.25) is 5.91 Å². The van der Waals surface area contributed by atoms with Gasteiger partial charge in [-0.15, -0.1) is 0 Å². The molecule has 0 heterocycles. The normalized spacial score (nSPS) is 28.1. The maximum absolute atomic E-state index is 11.8. The van der Waals surface area contributed by atoms with Crippen molar-refractivity contribution in [3.63, 3.8) is 0 Å². The van der Waals surface area contributed by atoms with Gasteiger partial charge in [-0.2, -0.15) is 0 Å². The highest BCUT2D eigenvalue weighted by Gasteiger charge is 2.46. The Hall–Kier alpha value is -1.10. The molecule has 1 rings (SSSR count). The van der Waals surface area contributed by atoms with Crippen molar-refractivity contribution in [2.24, 2.45) is 5.92 Å². The lowest BCUT2D eigenvalue weighted by atomic mass is 9.73. The lowest BCUT2D eigenvalue weighted by molar-refractivity contribution is -0.153. The Morgan fingerprint density at radius 3 is 2.61 bits per heavy atom. The number of carboxylic acids is 1. The molecule has 1 fully saturated rings. The van der Waals surface area contributed by atoms with E-state index < -0.39 is 11.5 Å². The average molecular weight is 257 g/mol. The molecule has 0 aromatic rings. The fourth-order valence-corrected chi connectivity index (χ4v) is 2.43. The van der Waals surface area contributed by atoms with E-state index in [1.54, 1.807) is 0 Å². The molecule has 2 unspecified atom stereocenters. The molecule has 0 radical (unpaired) electrons. The number of nitrogens with one attached hydrogen (secondary N) is 1. The molecule has 0 aliphatic heterocycles. The van der Waals surface area contributed by atoms with E-state index in [1.807, 2.05) is 20.8 Å². The van der Waals surface area contributed by atoms with E-state index in [0.717, 1.165) is 19.3 Å². The van der Waals surface area contributed by atoms with Crippen molar-refractivity contribution in [3.05, 3.63) is 0 Å². The summed E-state index contributed by atoms with van der Waals surface area (Å²) in [4.78, 5) is 23.3. The van der Waals surface area contributed by atoms with Gasteiger partial charge in [0.15, 0.2) is 0 Å². The Balaban J connectivity index is 2.68. The molecule has 2 N–H and O–H groups in total. The fraction of sp³-hybridized carbons (Fsp3) is 0.846. The van der Waals surface area contributed by atoms with Crippen molar-refractivity contribution in [2.45, 2.75) is 58.1 Å². The predicted molar refractivity (Wildman–Crippen MR) is 67.2 cm³/mol. The Morgan fingerprint density at radius 1 is 1.44 bits per heavy atom. The highest BCUT2D eigenvalue weighted by molar-refractivity contribution is 5.88. The van der Waals surface area contributed by atoms with Gasteiger partial charge in [0, 0.05) is 0 Å². The van der Waals surface area contributed by atoms with Gasteiger partial charge in [-0.25, -0.2) is 4.79 Å². The minimum atomic E-state index is -1.12. The highest BCUT2D eigenvalue weighted by Crippen LogP contribution is 2.33. The van der Waals surface area contributed by atoms with Gasteiger partial charge in [0.1, 0.15) is 12.1 Å². The van der Waals surface area contributed by atoms with Crippen molar-refractivity contribution in [1.82, 2.24) is 5.32 Å². The molecule has 104 valence electrons. The summed E-state index contributed by atoms with van der Waals surface area (Å²) in [6.07, 6.45) is 3.14. The second-order valence-electron chi connectivity index (χ2n) is 5.33. The summed E-state index contributed by atoms with van der Waals surface area (Å²) >= 11 is 0. The molecule has 0 aromatic carbocycles. The van der Waals surface area contributed by atoms with Crippen LogP contribution in [-0.4, -0.2) is 35.2 Å². The Labute approximate surface area is 108 Å². The lowest BCUT2D eigenvalue weighted by Gasteiger charge is -2.39. The first-order chi connectivity index (χ1) is 8.38. The fourth-order valence-electron chi connectivity index (χ4n) is 2.43. The van der Waals surface area contributed by atoms with Gasteiger partial charge in [0.25, 0.3) is 0 Å². The molecule has 0 aromatic heterocycles. The van der Waals surface area contributed by atoms with E-state index in [4.69, 9.17) is 4.74 Å². The van der Waals surface area contributed by atoms with Crippen LogP contribution in [0.2, 0.25) is 0 Å². The quantitative estimate of drug-likeness (QED) is 0.783. The number of rotatable bonds is 5. The van der Waals surface area contributed by atoms with Gasteiger partial charge in [-0.3, -0.25) is 4.79 Å². The number of ether oxygens (including phenoxy) is 1. The zero-order chi connectivity index (χ0) is 13.8. The number of carbonyl (C=O) groups is 2. The van der Waals surface area contributed by atoms with E-state index in [-0.39, 0.29) is 24.5 Å². The zero-order valence-electron chi connectivity index (χ0n) is 11.4. The van der Waals surface area contributed by atoms with E-state index in [1.165, 1.54) is 0 Å². The number of aliphatic carboxylic acids is 1. The zero-order valence-corrected chi connectivity index (χ0v) is 11.4. The van der Waals surface area contributed by atoms with E-state index in [0.29, 0.717) is 6.42 Å². The highest BCUT2D eigenvalue weighted by atomic mass is 16.5. The molecule has 5 nitrogen and oxygen atoms in total. The largest absolute Gasteiger partial charge is 0.479 e. The summed E-state index contributed by atoms with van der Waals surface area (Å²) in [5.41, 5.74) is -1.12. The van der Waals surface area contributed by atoms with Crippen molar-refractivity contribution in [3.8, 4) is 0 Å². The van der Waals surface area contributed by atoms with Crippen molar-refractivity contribution in [2.75, 3.05) is 6.61 Å². The van der Waals surface area contributed by atoms with Crippen LogP contribution in [0.15, 0.2) is 0 Å². The number of carboxylic acid groups (broad SMARTS) is 1. The van der Waals surface area contributed by atoms with Gasteiger partial charge in [0.05, 0.1) is 6.10 Å². The van der Waals surface area contributed by atoms with Crippen LogP contribution in [0.3, 0.4) is 0 Å². The molecule has 2 atom stereocenters. The molecule has 0 bridgehead atoms. The van der Waals surface area contributed by atoms with E-state index in [2.05, 4.69) is 5.32 Å². The van der Waals surface area contributed by atoms with Crippen LogP contribution in [-0.2, 0) is 14.3 Å². The van der Waals surface area contributed by atoms with Crippen LogP contribution in [0.1, 0.15) is 46.5 Å². The molecule has 1 amide bonds. The summed E-state index contributed by atoms with van der Waals surface area (Å²) in [6.45, 7) is 5.48. The topological polar surface area (TPSA) is 75.6 Å².